The molecule has 1 unspecified atom stereocenters. The van der Waals surface area contributed by atoms with Gasteiger partial charge in [0.25, 0.3) is 0 Å². The normalized spacial score (nSPS) is 12.0. The topological polar surface area (TPSA) is 49.8 Å². The van der Waals surface area contributed by atoms with Crippen molar-refractivity contribution >= 4 is 23.4 Å². The zero-order chi connectivity index (χ0) is 14.5. The van der Waals surface area contributed by atoms with Crippen LogP contribution in [0.4, 0.5) is 11.8 Å². The average molecular weight is 291 g/mol. The van der Waals surface area contributed by atoms with E-state index < -0.39 is 0 Å². The van der Waals surface area contributed by atoms with E-state index in [9.17, 15) is 0 Å². The van der Waals surface area contributed by atoms with Crippen LogP contribution in [0.3, 0.4) is 0 Å². The second kappa shape index (κ2) is 6.57. The number of rotatable bonds is 5. The van der Waals surface area contributed by atoms with E-state index in [0.717, 1.165) is 28.6 Å². The molecule has 1 atom stereocenters. The van der Waals surface area contributed by atoms with Crippen molar-refractivity contribution in [2.24, 2.45) is 0 Å². The number of anilines is 2. The fourth-order valence-corrected chi connectivity index (χ4v) is 2.06. The molecule has 106 valence electrons. The predicted molar refractivity (Wildman–Crippen MR) is 84.4 cm³/mol. The molecule has 2 N–H and O–H groups in total. The lowest BCUT2D eigenvalue weighted by atomic mass is 10.1. The van der Waals surface area contributed by atoms with E-state index in [0.29, 0.717) is 5.95 Å². The van der Waals surface area contributed by atoms with Crippen molar-refractivity contribution in [3.05, 3.63) is 46.6 Å². The van der Waals surface area contributed by atoms with Crippen molar-refractivity contribution in [1.82, 2.24) is 9.97 Å². The van der Waals surface area contributed by atoms with Gasteiger partial charge in [-0.25, -0.2) is 4.98 Å². The first kappa shape index (κ1) is 14.6. The maximum absolute atomic E-state index is 5.90. The molecule has 1 aromatic carbocycles. The third kappa shape index (κ3) is 3.84. The highest BCUT2D eigenvalue weighted by molar-refractivity contribution is 6.30. The lowest BCUT2D eigenvalue weighted by molar-refractivity contribution is 0.870. The van der Waals surface area contributed by atoms with Gasteiger partial charge in [-0.15, -0.1) is 0 Å². The first-order valence-corrected chi connectivity index (χ1v) is 7.08. The minimum atomic E-state index is 0.149. The second-order valence-corrected chi connectivity index (χ2v) is 5.10. The van der Waals surface area contributed by atoms with Crippen LogP contribution < -0.4 is 10.6 Å². The van der Waals surface area contributed by atoms with Gasteiger partial charge in [0.15, 0.2) is 0 Å². The van der Waals surface area contributed by atoms with Crippen LogP contribution in [0, 0.1) is 6.92 Å². The standard InChI is InChI=1S/C15H19ClN4/c1-4-17-15-18-10(2)9-14(20-15)19-11(3)12-5-7-13(16)8-6-12/h5-9,11H,4H2,1-3H3,(H2,17,18,19,20). The number of hydrogen-bond donors (Lipinski definition) is 2. The van der Waals surface area contributed by atoms with E-state index >= 15 is 0 Å². The highest BCUT2D eigenvalue weighted by Crippen LogP contribution is 2.20. The molecule has 2 aromatic rings. The molecule has 1 heterocycles. The molecule has 5 heteroatoms. The fourth-order valence-electron chi connectivity index (χ4n) is 1.94. The Morgan fingerprint density at radius 3 is 2.55 bits per heavy atom. The molecule has 20 heavy (non-hydrogen) atoms. The summed E-state index contributed by atoms with van der Waals surface area (Å²) < 4.78 is 0. The molecule has 4 nitrogen and oxygen atoms in total. The molecule has 0 fully saturated rings. The molecule has 0 bridgehead atoms. The number of nitrogens with zero attached hydrogens (tertiary/aromatic N) is 2. The van der Waals surface area contributed by atoms with Gasteiger partial charge in [0.2, 0.25) is 5.95 Å². The van der Waals surface area contributed by atoms with E-state index in [1.807, 2.05) is 44.2 Å². The van der Waals surface area contributed by atoms with Crippen molar-refractivity contribution in [2.45, 2.75) is 26.8 Å². The quantitative estimate of drug-likeness (QED) is 0.872. The summed E-state index contributed by atoms with van der Waals surface area (Å²) in [5.74, 6) is 1.47. The molecule has 0 amide bonds. The highest BCUT2D eigenvalue weighted by atomic mass is 35.5. The smallest absolute Gasteiger partial charge is 0.224 e. The molecule has 0 saturated carbocycles. The number of aryl methyl sites for hydroxylation is 1. The van der Waals surface area contributed by atoms with Crippen molar-refractivity contribution in [3.8, 4) is 0 Å². The Bertz CT molecular complexity index is 569. The van der Waals surface area contributed by atoms with Crippen LogP contribution in [0.5, 0.6) is 0 Å². The Morgan fingerprint density at radius 1 is 1.20 bits per heavy atom. The third-order valence-corrected chi connectivity index (χ3v) is 3.18. The molecular weight excluding hydrogens is 272 g/mol. The van der Waals surface area contributed by atoms with Crippen LogP contribution in [-0.4, -0.2) is 16.5 Å². The summed E-state index contributed by atoms with van der Waals surface area (Å²) in [6.45, 7) is 6.87. The summed E-state index contributed by atoms with van der Waals surface area (Å²) in [6.07, 6.45) is 0. The van der Waals surface area contributed by atoms with Gasteiger partial charge in [-0.1, -0.05) is 23.7 Å². The predicted octanol–water partition coefficient (Wildman–Crippen LogP) is 4.04. The SMILES string of the molecule is CCNc1nc(C)cc(NC(C)c2ccc(Cl)cc2)n1. The van der Waals surface area contributed by atoms with Gasteiger partial charge < -0.3 is 10.6 Å². The molecule has 0 aliphatic carbocycles. The first-order valence-electron chi connectivity index (χ1n) is 6.70. The largest absolute Gasteiger partial charge is 0.363 e. The molecule has 0 aliphatic heterocycles. The lowest BCUT2D eigenvalue weighted by Crippen LogP contribution is -2.10. The molecule has 0 aliphatic rings. The maximum atomic E-state index is 5.90. The van der Waals surface area contributed by atoms with Crippen molar-refractivity contribution in [2.75, 3.05) is 17.2 Å². The second-order valence-electron chi connectivity index (χ2n) is 4.67. The van der Waals surface area contributed by atoms with Gasteiger partial charge in [-0.2, -0.15) is 4.98 Å². The van der Waals surface area contributed by atoms with Gasteiger partial charge in [0.1, 0.15) is 5.82 Å². The minimum Gasteiger partial charge on any atom is -0.363 e. The zero-order valence-electron chi connectivity index (χ0n) is 11.9. The lowest BCUT2D eigenvalue weighted by Gasteiger charge is -2.16. The van der Waals surface area contributed by atoms with Crippen LogP contribution in [0.25, 0.3) is 0 Å². The van der Waals surface area contributed by atoms with E-state index in [-0.39, 0.29) is 6.04 Å². The van der Waals surface area contributed by atoms with Crippen molar-refractivity contribution < 1.29 is 0 Å². The summed E-state index contributed by atoms with van der Waals surface area (Å²) in [5.41, 5.74) is 2.09. The monoisotopic (exact) mass is 290 g/mol. The van der Waals surface area contributed by atoms with E-state index in [1.165, 1.54) is 0 Å². The number of hydrogen-bond acceptors (Lipinski definition) is 4. The van der Waals surface area contributed by atoms with Crippen LogP contribution in [-0.2, 0) is 0 Å². The van der Waals surface area contributed by atoms with Crippen LogP contribution >= 0.6 is 11.6 Å². The molecular formula is C15H19ClN4. The van der Waals surface area contributed by atoms with Gasteiger partial charge in [0, 0.05) is 29.4 Å². The summed E-state index contributed by atoms with van der Waals surface area (Å²) in [4.78, 5) is 8.78. The zero-order valence-corrected chi connectivity index (χ0v) is 12.7. The molecule has 1 aromatic heterocycles. The summed E-state index contributed by atoms with van der Waals surface area (Å²) in [5, 5.41) is 7.26. The Labute approximate surface area is 124 Å². The average Bonchev–Trinajstić information content (AvgIpc) is 2.39. The van der Waals surface area contributed by atoms with Gasteiger partial charge in [0.05, 0.1) is 0 Å². The van der Waals surface area contributed by atoms with E-state index in [1.54, 1.807) is 0 Å². The van der Waals surface area contributed by atoms with Crippen LogP contribution in [0.15, 0.2) is 30.3 Å². The number of benzene rings is 1. The van der Waals surface area contributed by atoms with E-state index in [4.69, 9.17) is 11.6 Å². The van der Waals surface area contributed by atoms with E-state index in [2.05, 4.69) is 27.5 Å². The highest BCUT2D eigenvalue weighted by Gasteiger charge is 2.08. The number of aromatic nitrogens is 2. The molecule has 0 saturated heterocycles. The molecule has 0 radical (unpaired) electrons. The van der Waals surface area contributed by atoms with Crippen LogP contribution in [0.1, 0.15) is 31.1 Å². The molecule has 0 spiro atoms. The summed E-state index contributed by atoms with van der Waals surface area (Å²) >= 11 is 5.90. The van der Waals surface area contributed by atoms with Gasteiger partial charge in [-0.05, 0) is 38.5 Å². The first-order chi connectivity index (χ1) is 9.58. The van der Waals surface area contributed by atoms with Gasteiger partial charge >= 0.3 is 0 Å². The third-order valence-electron chi connectivity index (χ3n) is 2.92. The maximum Gasteiger partial charge on any atom is 0.224 e. The van der Waals surface area contributed by atoms with Crippen molar-refractivity contribution in [1.29, 1.82) is 0 Å². The Hall–Kier alpha value is -1.81. The van der Waals surface area contributed by atoms with Crippen molar-refractivity contribution in [3.63, 3.8) is 0 Å². The summed E-state index contributed by atoms with van der Waals surface area (Å²) in [6, 6.07) is 9.90. The fraction of sp³-hybridized carbons (Fsp3) is 0.333. The summed E-state index contributed by atoms with van der Waals surface area (Å²) in [7, 11) is 0. The van der Waals surface area contributed by atoms with Crippen LogP contribution in [0.2, 0.25) is 5.02 Å². The number of nitrogens with one attached hydrogen (secondary N) is 2. The Kier molecular flexibility index (Phi) is 4.79. The van der Waals surface area contributed by atoms with Gasteiger partial charge in [-0.3, -0.25) is 0 Å². The number of halogens is 1. The Morgan fingerprint density at radius 2 is 1.90 bits per heavy atom. The Balaban J connectivity index is 2.14. The molecule has 2 rings (SSSR count). The minimum absolute atomic E-state index is 0.149.